The average Bonchev–Trinajstić information content (AvgIpc) is 3.66. The number of hydrogen-bond acceptors (Lipinski definition) is 4. The molecule has 2 amide bonds. The molecule has 1 atom stereocenters. The lowest BCUT2D eigenvalue weighted by Crippen LogP contribution is -2.45. The van der Waals surface area contributed by atoms with E-state index in [9.17, 15) is 9.59 Å². The minimum Gasteiger partial charge on any atom is -0.459 e. The predicted octanol–water partition coefficient (Wildman–Crippen LogP) is 4.11. The molecule has 7 nitrogen and oxygen atoms in total. The molecule has 0 spiro atoms. The summed E-state index contributed by atoms with van der Waals surface area (Å²) in [4.78, 5) is 27.3. The Morgan fingerprint density at radius 2 is 1.88 bits per heavy atom. The smallest absolute Gasteiger partial charge is 0.290 e. The minimum absolute atomic E-state index is 0.137. The van der Waals surface area contributed by atoms with Crippen molar-refractivity contribution in [2.75, 3.05) is 6.54 Å². The van der Waals surface area contributed by atoms with E-state index in [2.05, 4.69) is 40.7 Å². The fourth-order valence-corrected chi connectivity index (χ4v) is 4.45. The van der Waals surface area contributed by atoms with Gasteiger partial charge in [-0.3, -0.25) is 14.3 Å². The van der Waals surface area contributed by atoms with Crippen LogP contribution in [0.3, 0.4) is 0 Å². The normalized spacial score (nSPS) is 15.4. The van der Waals surface area contributed by atoms with Gasteiger partial charge in [0.2, 0.25) is 5.91 Å². The molecule has 1 aliphatic rings. The molecular weight excluding hydrogens is 428 g/mol. The zero-order chi connectivity index (χ0) is 23.3. The molecule has 4 aromatic rings. The fraction of sp³-hybridized carbons (Fsp3) is 0.222. The van der Waals surface area contributed by atoms with Gasteiger partial charge in [-0.15, -0.1) is 0 Å². The second-order valence-electron chi connectivity index (χ2n) is 8.41. The van der Waals surface area contributed by atoms with E-state index in [1.54, 1.807) is 23.2 Å². The van der Waals surface area contributed by atoms with E-state index >= 15 is 0 Å². The lowest BCUT2D eigenvalue weighted by Gasteiger charge is -2.23. The number of benzene rings is 2. The summed E-state index contributed by atoms with van der Waals surface area (Å²) >= 11 is 0. The molecule has 1 unspecified atom stereocenters. The first-order valence-corrected chi connectivity index (χ1v) is 11.5. The van der Waals surface area contributed by atoms with Crippen LogP contribution in [0, 0.1) is 0 Å². The van der Waals surface area contributed by atoms with Gasteiger partial charge in [0.15, 0.2) is 5.76 Å². The van der Waals surface area contributed by atoms with Gasteiger partial charge in [-0.1, -0.05) is 48.5 Å². The first kappa shape index (κ1) is 21.7. The summed E-state index contributed by atoms with van der Waals surface area (Å²) in [5.74, 6) is -0.110. The number of aromatic nitrogens is 2. The van der Waals surface area contributed by atoms with Crippen molar-refractivity contribution in [1.29, 1.82) is 0 Å². The second-order valence-corrected chi connectivity index (χ2v) is 8.41. The number of nitrogens with one attached hydrogen (secondary N) is 1. The van der Waals surface area contributed by atoms with Crippen molar-refractivity contribution in [2.45, 2.75) is 32.0 Å². The first-order chi connectivity index (χ1) is 16.7. The maximum absolute atomic E-state index is 13.0. The molecule has 172 valence electrons. The highest BCUT2D eigenvalue weighted by Crippen LogP contribution is 2.25. The third kappa shape index (κ3) is 4.64. The Bertz CT molecular complexity index is 1250. The number of rotatable bonds is 7. The Balaban J connectivity index is 1.26. The number of furan rings is 1. The van der Waals surface area contributed by atoms with Crippen LogP contribution in [0.5, 0.6) is 0 Å². The maximum Gasteiger partial charge on any atom is 0.290 e. The summed E-state index contributed by atoms with van der Waals surface area (Å²) in [6.45, 7) is 1.67. The Hall–Kier alpha value is -4.13. The van der Waals surface area contributed by atoms with Crippen LogP contribution in [0.15, 0.2) is 89.8 Å². The third-order valence-electron chi connectivity index (χ3n) is 6.19. The monoisotopic (exact) mass is 454 g/mol. The van der Waals surface area contributed by atoms with E-state index in [1.165, 1.54) is 11.8 Å². The van der Waals surface area contributed by atoms with Gasteiger partial charge in [0, 0.05) is 25.5 Å². The molecule has 7 heteroatoms. The van der Waals surface area contributed by atoms with Crippen LogP contribution in [0.25, 0.3) is 11.1 Å². The van der Waals surface area contributed by atoms with Gasteiger partial charge in [0.1, 0.15) is 6.04 Å². The molecule has 3 heterocycles. The predicted molar refractivity (Wildman–Crippen MR) is 128 cm³/mol. The van der Waals surface area contributed by atoms with Crippen LogP contribution in [-0.2, 0) is 17.9 Å². The SMILES string of the molecule is O=C(NCc1ccccc1-c1ccc(Cn2cccn2)cc1)C1CCCN1C(=O)c1ccco1. The van der Waals surface area contributed by atoms with Crippen molar-refractivity contribution >= 4 is 11.8 Å². The summed E-state index contributed by atoms with van der Waals surface area (Å²) in [5.41, 5.74) is 4.35. The van der Waals surface area contributed by atoms with Crippen molar-refractivity contribution in [1.82, 2.24) is 20.0 Å². The van der Waals surface area contributed by atoms with E-state index in [1.807, 2.05) is 35.1 Å². The van der Waals surface area contributed by atoms with Gasteiger partial charge in [-0.2, -0.15) is 5.10 Å². The standard InChI is InChI=1S/C27H26N4O3/c32-26(24-8-3-16-31(24)27(33)25-9-4-17-34-25)28-18-22-6-1-2-7-23(22)21-12-10-20(11-13-21)19-30-15-5-14-29-30/h1-2,4-7,9-15,17,24H,3,8,16,18-19H2,(H,28,32). The topological polar surface area (TPSA) is 80.4 Å². The highest BCUT2D eigenvalue weighted by Gasteiger charge is 2.35. The molecular formula is C27H26N4O3. The van der Waals surface area contributed by atoms with Crippen molar-refractivity contribution in [3.8, 4) is 11.1 Å². The number of amides is 2. The van der Waals surface area contributed by atoms with Crippen molar-refractivity contribution < 1.29 is 14.0 Å². The van der Waals surface area contributed by atoms with Crippen molar-refractivity contribution in [3.63, 3.8) is 0 Å². The van der Waals surface area contributed by atoms with Crippen LogP contribution >= 0.6 is 0 Å². The summed E-state index contributed by atoms with van der Waals surface area (Å²) in [7, 11) is 0. The maximum atomic E-state index is 13.0. The second kappa shape index (κ2) is 9.79. The Labute approximate surface area is 198 Å². The lowest BCUT2D eigenvalue weighted by molar-refractivity contribution is -0.125. The highest BCUT2D eigenvalue weighted by atomic mass is 16.3. The van der Waals surface area contributed by atoms with E-state index in [0.29, 0.717) is 19.5 Å². The molecule has 0 aliphatic carbocycles. The van der Waals surface area contributed by atoms with Gasteiger partial charge < -0.3 is 14.6 Å². The summed E-state index contributed by atoms with van der Waals surface area (Å²) in [6.07, 6.45) is 6.64. The minimum atomic E-state index is -0.480. The van der Waals surface area contributed by atoms with E-state index in [4.69, 9.17) is 4.42 Å². The van der Waals surface area contributed by atoms with E-state index in [0.717, 1.165) is 29.7 Å². The molecule has 2 aromatic carbocycles. The average molecular weight is 455 g/mol. The fourth-order valence-electron chi connectivity index (χ4n) is 4.45. The molecule has 1 aliphatic heterocycles. The van der Waals surface area contributed by atoms with E-state index in [-0.39, 0.29) is 17.6 Å². The van der Waals surface area contributed by atoms with E-state index < -0.39 is 6.04 Å². The zero-order valence-corrected chi connectivity index (χ0v) is 18.8. The Morgan fingerprint density at radius 1 is 1.03 bits per heavy atom. The van der Waals surface area contributed by atoms with Crippen LogP contribution in [0.1, 0.15) is 34.5 Å². The third-order valence-corrected chi connectivity index (χ3v) is 6.19. The quantitative estimate of drug-likeness (QED) is 0.456. The number of hydrogen-bond donors (Lipinski definition) is 1. The number of nitrogens with zero attached hydrogens (tertiary/aromatic N) is 3. The largest absolute Gasteiger partial charge is 0.459 e. The lowest BCUT2D eigenvalue weighted by atomic mass is 9.98. The van der Waals surface area contributed by atoms with Crippen LogP contribution in [0.2, 0.25) is 0 Å². The zero-order valence-electron chi connectivity index (χ0n) is 18.8. The molecule has 1 N–H and O–H groups in total. The molecule has 1 fully saturated rings. The molecule has 5 rings (SSSR count). The van der Waals surface area contributed by atoms with Gasteiger partial charge in [0.05, 0.1) is 12.8 Å². The molecule has 0 radical (unpaired) electrons. The number of carbonyl (C=O) groups excluding carboxylic acids is 2. The molecule has 0 saturated carbocycles. The van der Waals surface area contributed by atoms with Gasteiger partial charge in [-0.05, 0) is 53.3 Å². The molecule has 34 heavy (non-hydrogen) atoms. The highest BCUT2D eigenvalue weighted by molar-refractivity contribution is 5.96. The van der Waals surface area contributed by atoms with Crippen LogP contribution < -0.4 is 5.32 Å². The molecule has 2 aromatic heterocycles. The summed E-state index contributed by atoms with van der Waals surface area (Å²) in [6, 6.07) is 21.2. The summed E-state index contributed by atoms with van der Waals surface area (Å²) in [5, 5.41) is 7.30. The Kier molecular flexibility index (Phi) is 6.25. The summed E-state index contributed by atoms with van der Waals surface area (Å²) < 4.78 is 7.13. The van der Waals surface area contributed by atoms with Gasteiger partial charge in [-0.25, -0.2) is 0 Å². The van der Waals surface area contributed by atoms with Crippen LogP contribution in [0.4, 0.5) is 0 Å². The molecule has 1 saturated heterocycles. The molecule has 0 bridgehead atoms. The van der Waals surface area contributed by atoms with Crippen molar-refractivity contribution in [2.24, 2.45) is 0 Å². The number of likely N-dealkylation sites (tertiary alicyclic amines) is 1. The van der Waals surface area contributed by atoms with Crippen molar-refractivity contribution in [3.05, 3.63) is 102 Å². The Morgan fingerprint density at radius 3 is 2.65 bits per heavy atom. The van der Waals surface area contributed by atoms with Gasteiger partial charge in [0.25, 0.3) is 5.91 Å². The first-order valence-electron chi connectivity index (χ1n) is 11.5. The number of carbonyl (C=O) groups is 2. The van der Waals surface area contributed by atoms with Crippen LogP contribution in [-0.4, -0.2) is 39.1 Å². The van der Waals surface area contributed by atoms with Gasteiger partial charge >= 0.3 is 0 Å².